The maximum absolute atomic E-state index is 11.7. The lowest BCUT2D eigenvalue weighted by molar-refractivity contribution is -0.114. The van der Waals surface area contributed by atoms with Crippen molar-refractivity contribution in [2.24, 2.45) is 4.99 Å². The lowest BCUT2D eigenvalue weighted by Gasteiger charge is -2.10. The monoisotopic (exact) mass is 261 g/mol. The van der Waals surface area contributed by atoms with Crippen LogP contribution in [0, 0.1) is 0 Å². The summed E-state index contributed by atoms with van der Waals surface area (Å²) in [6, 6.07) is 4.08. The van der Waals surface area contributed by atoms with Gasteiger partial charge in [0.05, 0.1) is 11.9 Å². The van der Waals surface area contributed by atoms with Crippen LogP contribution in [0.25, 0.3) is 0 Å². The maximum Gasteiger partial charge on any atom is 0.246 e. The highest BCUT2D eigenvalue weighted by atomic mass is 16.1. The van der Waals surface area contributed by atoms with E-state index in [1.54, 1.807) is 24.5 Å². The molecule has 1 amide bonds. The Labute approximate surface area is 112 Å². The van der Waals surface area contributed by atoms with Gasteiger partial charge in [-0.1, -0.05) is 0 Å². The highest BCUT2D eigenvalue weighted by Gasteiger charge is 2.22. The summed E-state index contributed by atoms with van der Waals surface area (Å²) >= 11 is 0. The number of hydrogen-bond acceptors (Lipinski definition) is 3. The summed E-state index contributed by atoms with van der Waals surface area (Å²) in [5.41, 5.74) is 0.683. The van der Waals surface area contributed by atoms with Crippen LogP contribution in [0.15, 0.2) is 29.5 Å². The Balaban J connectivity index is 1.82. The zero-order valence-corrected chi connectivity index (χ0v) is 11.0. The van der Waals surface area contributed by atoms with E-state index in [2.05, 4.69) is 25.9 Å². The molecule has 0 bridgehead atoms. The highest BCUT2D eigenvalue weighted by molar-refractivity contribution is 5.93. The molecule has 1 aliphatic carbocycles. The SMILES string of the molecule is CCNC(=NCC(=O)Nc1cccnc1)NC1CC1. The van der Waals surface area contributed by atoms with Crippen molar-refractivity contribution in [1.82, 2.24) is 15.6 Å². The Kier molecular flexibility index (Phi) is 4.72. The first kappa shape index (κ1) is 13.3. The van der Waals surface area contributed by atoms with Crippen molar-refractivity contribution in [2.75, 3.05) is 18.4 Å². The molecule has 1 saturated carbocycles. The van der Waals surface area contributed by atoms with E-state index in [-0.39, 0.29) is 12.5 Å². The first-order chi connectivity index (χ1) is 9.28. The molecule has 19 heavy (non-hydrogen) atoms. The van der Waals surface area contributed by atoms with Crippen molar-refractivity contribution in [3.63, 3.8) is 0 Å². The molecule has 3 N–H and O–H groups in total. The number of nitrogens with one attached hydrogen (secondary N) is 3. The zero-order chi connectivity index (χ0) is 13.5. The van der Waals surface area contributed by atoms with Gasteiger partial charge < -0.3 is 16.0 Å². The van der Waals surface area contributed by atoms with E-state index < -0.39 is 0 Å². The summed E-state index contributed by atoms with van der Waals surface area (Å²) in [6.07, 6.45) is 5.62. The second kappa shape index (κ2) is 6.72. The fourth-order valence-corrected chi connectivity index (χ4v) is 1.53. The van der Waals surface area contributed by atoms with Crippen LogP contribution in [0.1, 0.15) is 19.8 Å². The molecule has 0 unspecified atom stereocenters. The molecule has 0 saturated heterocycles. The molecule has 1 aromatic heterocycles. The van der Waals surface area contributed by atoms with Gasteiger partial charge >= 0.3 is 0 Å². The standard InChI is InChI=1S/C13H19N5O/c1-2-15-13(18-10-5-6-10)16-9-12(19)17-11-4-3-7-14-8-11/h3-4,7-8,10H,2,5-6,9H2,1H3,(H,17,19)(H2,15,16,18). The number of guanidine groups is 1. The predicted molar refractivity (Wildman–Crippen MR) is 75.0 cm³/mol. The van der Waals surface area contributed by atoms with Crippen molar-refractivity contribution in [3.05, 3.63) is 24.5 Å². The molecule has 6 heteroatoms. The van der Waals surface area contributed by atoms with Gasteiger partial charge in [-0.25, -0.2) is 4.99 Å². The topological polar surface area (TPSA) is 78.4 Å². The van der Waals surface area contributed by atoms with Crippen LogP contribution in [0.5, 0.6) is 0 Å². The van der Waals surface area contributed by atoms with Crippen LogP contribution in [0.4, 0.5) is 5.69 Å². The number of nitrogens with zero attached hydrogens (tertiary/aromatic N) is 2. The van der Waals surface area contributed by atoms with Gasteiger partial charge in [-0.05, 0) is 31.9 Å². The van der Waals surface area contributed by atoms with Crippen molar-refractivity contribution in [3.8, 4) is 0 Å². The van der Waals surface area contributed by atoms with Crippen LogP contribution in [-0.4, -0.2) is 36.0 Å². The van der Waals surface area contributed by atoms with Gasteiger partial charge in [0.2, 0.25) is 5.91 Å². The Morgan fingerprint density at radius 2 is 2.37 bits per heavy atom. The van der Waals surface area contributed by atoms with E-state index in [9.17, 15) is 4.79 Å². The number of carbonyl (C=O) groups is 1. The van der Waals surface area contributed by atoms with Gasteiger partial charge in [-0.15, -0.1) is 0 Å². The number of carbonyl (C=O) groups excluding carboxylic acids is 1. The van der Waals surface area contributed by atoms with E-state index in [0.29, 0.717) is 17.7 Å². The first-order valence-corrected chi connectivity index (χ1v) is 6.52. The molecule has 0 radical (unpaired) electrons. The number of rotatable bonds is 5. The van der Waals surface area contributed by atoms with Gasteiger partial charge in [0, 0.05) is 18.8 Å². The Morgan fingerprint density at radius 3 is 3.00 bits per heavy atom. The van der Waals surface area contributed by atoms with Crippen molar-refractivity contribution < 1.29 is 4.79 Å². The Bertz CT molecular complexity index is 442. The summed E-state index contributed by atoms with van der Waals surface area (Å²) < 4.78 is 0. The van der Waals surface area contributed by atoms with E-state index in [1.165, 1.54) is 12.8 Å². The van der Waals surface area contributed by atoms with Gasteiger partial charge in [-0.3, -0.25) is 9.78 Å². The molecule has 1 aromatic rings. The minimum absolute atomic E-state index is 0.0942. The molecule has 1 heterocycles. The average Bonchev–Trinajstić information content (AvgIpc) is 3.21. The van der Waals surface area contributed by atoms with Crippen molar-refractivity contribution in [2.45, 2.75) is 25.8 Å². The maximum atomic E-state index is 11.7. The summed E-state index contributed by atoms with van der Waals surface area (Å²) in [5, 5.41) is 9.12. The second-order valence-electron chi connectivity index (χ2n) is 4.40. The van der Waals surface area contributed by atoms with Gasteiger partial charge in [0.1, 0.15) is 6.54 Å². The smallest absolute Gasteiger partial charge is 0.246 e. The summed E-state index contributed by atoms with van der Waals surface area (Å²) in [7, 11) is 0. The molecule has 2 rings (SSSR count). The van der Waals surface area contributed by atoms with Crippen LogP contribution in [0.2, 0.25) is 0 Å². The second-order valence-corrected chi connectivity index (χ2v) is 4.40. The van der Waals surface area contributed by atoms with Crippen LogP contribution < -0.4 is 16.0 Å². The number of aliphatic imine (C=N–C) groups is 1. The number of hydrogen-bond donors (Lipinski definition) is 3. The molecule has 1 fully saturated rings. The fourth-order valence-electron chi connectivity index (χ4n) is 1.53. The highest BCUT2D eigenvalue weighted by Crippen LogP contribution is 2.18. The minimum Gasteiger partial charge on any atom is -0.357 e. The van der Waals surface area contributed by atoms with Crippen LogP contribution in [0.3, 0.4) is 0 Å². The number of aromatic nitrogens is 1. The molecule has 6 nitrogen and oxygen atoms in total. The molecular weight excluding hydrogens is 242 g/mol. The first-order valence-electron chi connectivity index (χ1n) is 6.52. The third-order valence-corrected chi connectivity index (χ3v) is 2.59. The molecule has 0 aromatic carbocycles. The van der Waals surface area contributed by atoms with E-state index >= 15 is 0 Å². The predicted octanol–water partition coefficient (Wildman–Crippen LogP) is 0.738. The molecule has 0 atom stereocenters. The normalized spacial score (nSPS) is 14.9. The quantitative estimate of drug-likeness (QED) is 0.539. The number of anilines is 1. The zero-order valence-electron chi connectivity index (χ0n) is 11.0. The molecule has 0 aliphatic heterocycles. The van der Waals surface area contributed by atoms with E-state index in [1.807, 2.05) is 6.92 Å². The summed E-state index contributed by atoms with van der Waals surface area (Å²) in [5.74, 6) is 0.548. The molecular formula is C13H19N5O. The Hall–Kier alpha value is -2.11. The third-order valence-electron chi connectivity index (χ3n) is 2.59. The third kappa shape index (κ3) is 4.95. The molecule has 1 aliphatic rings. The van der Waals surface area contributed by atoms with Gasteiger partial charge in [0.25, 0.3) is 0 Å². The largest absolute Gasteiger partial charge is 0.357 e. The lowest BCUT2D eigenvalue weighted by Crippen LogP contribution is -2.39. The van der Waals surface area contributed by atoms with Crippen molar-refractivity contribution >= 4 is 17.6 Å². The summed E-state index contributed by atoms with van der Waals surface area (Å²) in [6.45, 7) is 2.87. The Morgan fingerprint density at radius 1 is 1.53 bits per heavy atom. The number of pyridine rings is 1. The number of amides is 1. The molecule has 102 valence electrons. The molecule has 0 spiro atoms. The van der Waals surface area contributed by atoms with Crippen LogP contribution in [-0.2, 0) is 4.79 Å². The van der Waals surface area contributed by atoms with Gasteiger partial charge in [0.15, 0.2) is 5.96 Å². The van der Waals surface area contributed by atoms with Crippen LogP contribution >= 0.6 is 0 Å². The van der Waals surface area contributed by atoms with E-state index in [4.69, 9.17) is 0 Å². The van der Waals surface area contributed by atoms with Gasteiger partial charge in [-0.2, -0.15) is 0 Å². The fraction of sp³-hybridized carbons (Fsp3) is 0.462. The average molecular weight is 261 g/mol. The van der Waals surface area contributed by atoms with Crippen molar-refractivity contribution in [1.29, 1.82) is 0 Å². The summed E-state index contributed by atoms with van der Waals surface area (Å²) in [4.78, 5) is 19.9. The lowest BCUT2D eigenvalue weighted by atomic mass is 10.4. The van der Waals surface area contributed by atoms with E-state index in [0.717, 1.165) is 6.54 Å². The minimum atomic E-state index is -0.152.